The summed E-state index contributed by atoms with van der Waals surface area (Å²) in [6.07, 6.45) is 18.3. The van der Waals surface area contributed by atoms with E-state index in [-0.39, 0.29) is 11.9 Å². The summed E-state index contributed by atoms with van der Waals surface area (Å²) in [5.74, 6) is 3.55. The number of rotatable bonds is 28. The lowest BCUT2D eigenvalue weighted by Crippen LogP contribution is -2.85. The molecule has 72 heavy (non-hydrogen) atoms. The highest BCUT2D eigenvalue weighted by atomic mass is 16.5. The van der Waals surface area contributed by atoms with E-state index >= 15 is 0 Å². The number of nitrogens with one attached hydrogen (secondary N) is 2. The zero-order valence-corrected chi connectivity index (χ0v) is 44.0. The van der Waals surface area contributed by atoms with Crippen LogP contribution in [0.4, 0.5) is 22.7 Å². The van der Waals surface area contributed by atoms with Crippen LogP contribution in [0.25, 0.3) is 0 Å². The zero-order valence-electron chi connectivity index (χ0n) is 44.0. The topological polar surface area (TPSA) is 301 Å². The van der Waals surface area contributed by atoms with Crippen molar-refractivity contribution in [2.24, 2.45) is 44.4 Å². The molecule has 16 nitrogen and oxygen atoms in total. The minimum atomic E-state index is -0.0573. The van der Waals surface area contributed by atoms with E-state index in [0.717, 1.165) is 182 Å². The fraction of sp³-hybridized carbons (Fsp3) is 0.500. The molecule has 1 aliphatic carbocycles. The van der Waals surface area contributed by atoms with Gasteiger partial charge >= 0.3 is 11.9 Å². The number of unbranched alkanes of at least 4 members (excludes halogenated alkanes) is 12. The van der Waals surface area contributed by atoms with Crippen LogP contribution in [-0.4, -0.2) is 50.3 Å². The third kappa shape index (κ3) is 18.0. The van der Waals surface area contributed by atoms with Crippen molar-refractivity contribution in [1.29, 1.82) is 0 Å². The Morgan fingerprint density at radius 3 is 0.833 bits per heavy atom. The molecule has 0 unspecified atom stereocenters. The molecule has 0 fully saturated rings. The fourth-order valence-corrected chi connectivity index (χ4v) is 9.35. The monoisotopic (exact) mass is 993 g/mol. The second-order valence-electron chi connectivity index (χ2n) is 19.2. The average molecular weight is 993 g/mol. The van der Waals surface area contributed by atoms with Gasteiger partial charge in [-0.3, -0.25) is 11.5 Å². The molecule has 0 spiro atoms. The Hall–Kier alpha value is -6.52. The number of ether oxygens (including phenoxy) is 4. The van der Waals surface area contributed by atoms with E-state index in [4.69, 9.17) is 53.3 Å². The molecule has 0 atom stereocenters. The number of nitrogens with two attached hydrogens (primary N) is 6. The highest BCUT2D eigenvalue weighted by Gasteiger charge is 2.26. The molecule has 392 valence electrons. The largest absolute Gasteiger partial charge is 0.493 e. The van der Waals surface area contributed by atoms with Crippen molar-refractivity contribution in [1.82, 2.24) is 0 Å². The number of guanidine groups is 4. The van der Waals surface area contributed by atoms with E-state index in [0.29, 0.717) is 75.4 Å². The number of nitrogens with zero attached hydrogens (tertiary/aromatic N) is 2. The zero-order chi connectivity index (χ0) is 51.8. The van der Waals surface area contributed by atoms with Crippen molar-refractivity contribution < 1.29 is 40.4 Å². The first-order valence-corrected chi connectivity index (χ1v) is 26.6. The van der Waals surface area contributed by atoms with Crippen LogP contribution in [0, 0.1) is 0 Å². The van der Waals surface area contributed by atoms with Crippen LogP contribution in [-0.2, 0) is 25.7 Å². The summed E-state index contributed by atoms with van der Waals surface area (Å²) in [6.45, 7) is 10.9. The Morgan fingerprint density at radius 1 is 0.389 bits per heavy atom. The number of quaternary nitrogens is 2. The SMILES string of the molecule is CCCCCCOc1c2cc(N=C(N)N)cc1Cc1cc([NH+]=C(N)[NH3+])cc(c1OCCCCCC)Cc1cc([NH+]=C(N)[NH3+])cc(c1OCCCCCC)Cc1cc(N=C(N)N)cc(c1OCCCCCC)C2. The van der Waals surface area contributed by atoms with Gasteiger partial charge in [-0.25, -0.2) is 21.5 Å². The number of fused-ring (bicyclic) bond motifs is 8. The maximum absolute atomic E-state index is 7.01. The Bertz CT molecular complexity index is 2050. The number of hydrogen-bond donors (Lipinski definition) is 10. The van der Waals surface area contributed by atoms with Crippen LogP contribution in [0.2, 0.25) is 0 Å². The first-order valence-electron chi connectivity index (χ1n) is 26.6. The van der Waals surface area contributed by atoms with Crippen LogP contribution < -0.4 is 74.8 Å². The smallest absolute Gasteiger partial charge is 0.439 e. The molecule has 0 radical (unpaired) electrons. The van der Waals surface area contributed by atoms with Gasteiger partial charge in [0.1, 0.15) is 34.4 Å². The van der Waals surface area contributed by atoms with Crippen LogP contribution >= 0.6 is 0 Å². The molecule has 8 bridgehead atoms. The molecule has 0 heterocycles. The first-order chi connectivity index (χ1) is 34.8. The lowest BCUT2D eigenvalue weighted by molar-refractivity contribution is -0.427. The van der Waals surface area contributed by atoms with E-state index in [1.807, 2.05) is 24.3 Å². The Kier molecular flexibility index (Phi) is 23.3. The Balaban J connectivity index is 1.94. The highest BCUT2D eigenvalue weighted by Crippen LogP contribution is 2.43. The van der Waals surface area contributed by atoms with Gasteiger partial charge in [0.25, 0.3) is 0 Å². The molecule has 0 aromatic heterocycles. The van der Waals surface area contributed by atoms with E-state index in [9.17, 15) is 0 Å². The molecule has 4 aromatic rings. The van der Waals surface area contributed by atoms with Gasteiger partial charge in [-0.05, 0) is 74.2 Å². The predicted molar refractivity (Wildman–Crippen MR) is 292 cm³/mol. The first kappa shape index (κ1) is 56.4. The van der Waals surface area contributed by atoms with Crippen molar-refractivity contribution in [3.8, 4) is 23.0 Å². The summed E-state index contributed by atoms with van der Waals surface area (Å²) < 4.78 is 28.0. The lowest BCUT2D eigenvalue weighted by Gasteiger charge is -2.24. The summed E-state index contributed by atoms with van der Waals surface area (Å²) in [4.78, 5) is 16.0. The second-order valence-corrected chi connectivity index (χ2v) is 19.2. The second kappa shape index (κ2) is 29.7. The van der Waals surface area contributed by atoms with Crippen LogP contribution in [0.1, 0.15) is 175 Å². The quantitative estimate of drug-likeness (QED) is 0.0190. The van der Waals surface area contributed by atoms with Crippen LogP contribution in [0.5, 0.6) is 23.0 Å². The molecule has 0 aliphatic heterocycles. The van der Waals surface area contributed by atoms with Gasteiger partial charge in [0.05, 0.1) is 37.8 Å². The lowest BCUT2D eigenvalue weighted by atomic mass is 9.90. The molecule has 0 saturated carbocycles. The Labute approximate surface area is 428 Å². The normalized spacial score (nSPS) is 12.6. The maximum Gasteiger partial charge on any atom is 0.439 e. The third-order valence-corrected chi connectivity index (χ3v) is 12.6. The average Bonchev–Trinajstić information content (AvgIpc) is 3.30. The van der Waals surface area contributed by atoms with Crippen LogP contribution in [0.3, 0.4) is 0 Å². The summed E-state index contributed by atoms with van der Waals surface area (Å²) in [7, 11) is 0. The number of benzene rings is 4. The van der Waals surface area contributed by atoms with Crippen molar-refractivity contribution in [3.63, 3.8) is 0 Å². The summed E-state index contributed by atoms with van der Waals surface area (Å²) >= 11 is 0. The van der Waals surface area contributed by atoms with E-state index < -0.39 is 0 Å². The van der Waals surface area contributed by atoms with Gasteiger partial charge in [-0.15, -0.1) is 0 Å². The van der Waals surface area contributed by atoms with E-state index in [1.54, 1.807) is 0 Å². The van der Waals surface area contributed by atoms with Crippen molar-refractivity contribution >= 4 is 46.6 Å². The molecule has 0 saturated heterocycles. The predicted octanol–water partition coefficient (Wildman–Crippen LogP) is 4.55. The van der Waals surface area contributed by atoms with Gasteiger partial charge in [0.15, 0.2) is 11.9 Å². The molecule has 1 aliphatic rings. The fourth-order valence-electron chi connectivity index (χ4n) is 9.35. The van der Waals surface area contributed by atoms with E-state index in [1.165, 1.54) is 0 Å². The summed E-state index contributed by atoms with van der Waals surface area (Å²) in [5, 5.41) is 0. The standard InChI is InChI=1S/C56H84N12O4/c1-5-9-13-17-21-69-49-37-25-39-31-46(66-54(59)60)33-41(50(39)70-22-18-14-10-6-2)27-43-35-48(68-56(63)64)36-44(52(43)72-24-20-16-12-8-4)28-42-34-47(67-55(61)62)32-40(51(42)71-23-19-15-11-7-3)26-38(49)30-45(29-37)65-53(57)58/h29-36H,5-28H2,1-4H3,(H4,57,58,65)(H4,59,60,66)(H4,61,62,67)(H4,63,64,68)/p+4. The number of hydrogen-bond acceptors (Lipinski definition) is 6. The highest BCUT2D eigenvalue weighted by molar-refractivity contribution is 5.80. The van der Waals surface area contributed by atoms with Crippen molar-refractivity contribution in [2.75, 3.05) is 26.4 Å². The summed E-state index contributed by atoms with van der Waals surface area (Å²) in [5.41, 5.74) is 55.2. The molecule has 20 N–H and O–H groups in total. The van der Waals surface area contributed by atoms with Gasteiger partial charge in [0, 0.05) is 70.2 Å². The third-order valence-electron chi connectivity index (χ3n) is 12.6. The van der Waals surface area contributed by atoms with Gasteiger partial charge in [-0.2, -0.15) is 9.98 Å². The minimum Gasteiger partial charge on any atom is -0.493 e. The molecule has 5 rings (SSSR count). The molecule has 4 aromatic carbocycles. The van der Waals surface area contributed by atoms with Gasteiger partial charge in [0.2, 0.25) is 0 Å². The van der Waals surface area contributed by atoms with E-state index in [2.05, 4.69) is 83.4 Å². The summed E-state index contributed by atoms with van der Waals surface area (Å²) in [6, 6.07) is 16.4. The minimum absolute atomic E-state index is 0.0573. The van der Waals surface area contributed by atoms with Crippen molar-refractivity contribution in [2.45, 2.75) is 156 Å². The molecule has 0 amide bonds. The van der Waals surface area contributed by atoms with Gasteiger partial charge < -0.3 is 41.9 Å². The maximum atomic E-state index is 7.01. The number of aliphatic imine (C=N–C) groups is 2. The molecular formula is C56H88N12O4+4. The Morgan fingerprint density at radius 2 is 0.625 bits per heavy atom. The molecular weight excluding hydrogens is 905 g/mol. The van der Waals surface area contributed by atoms with Crippen molar-refractivity contribution in [3.05, 3.63) is 93.0 Å². The molecule has 16 heteroatoms. The van der Waals surface area contributed by atoms with Crippen LogP contribution in [0.15, 0.2) is 58.5 Å². The van der Waals surface area contributed by atoms with Gasteiger partial charge in [-0.1, -0.05) is 105 Å².